The summed E-state index contributed by atoms with van der Waals surface area (Å²) >= 11 is 11.7. The summed E-state index contributed by atoms with van der Waals surface area (Å²) in [6, 6.07) is 3.74. The van der Waals surface area contributed by atoms with Gasteiger partial charge >= 0.3 is 11.9 Å². The molecule has 1 amide bonds. The van der Waals surface area contributed by atoms with Gasteiger partial charge in [0, 0.05) is 5.02 Å². The lowest BCUT2D eigenvalue weighted by molar-refractivity contribution is -0.152. The van der Waals surface area contributed by atoms with Gasteiger partial charge in [-0.15, -0.1) is 0 Å². The highest BCUT2D eigenvalue weighted by Gasteiger charge is 2.26. The van der Waals surface area contributed by atoms with Gasteiger partial charge in [-0.1, -0.05) is 43.5 Å². The Morgan fingerprint density at radius 2 is 1.88 bits per heavy atom. The van der Waals surface area contributed by atoms with Gasteiger partial charge in [0.1, 0.15) is 11.8 Å². The fourth-order valence-electron chi connectivity index (χ4n) is 1.93. The molecule has 9 heteroatoms. The molecule has 0 unspecified atom stereocenters. The minimum absolute atomic E-state index is 0.127. The smallest absolute Gasteiger partial charge is 0.344 e. The fraction of sp³-hybridized carbons (Fsp3) is 0.471. The molecule has 0 aliphatic rings. The average Bonchev–Trinajstić information content (AvgIpc) is 2.62. The van der Waals surface area contributed by atoms with E-state index in [0.29, 0.717) is 11.4 Å². The lowest BCUT2D eigenvalue weighted by Gasteiger charge is -2.21. The number of hydrogen-bond donors (Lipinski definition) is 1. The van der Waals surface area contributed by atoms with E-state index in [1.165, 1.54) is 19.2 Å². The Kier molecular flexibility index (Phi) is 9.23. The van der Waals surface area contributed by atoms with E-state index in [-0.39, 0.29) is 16.7 Å². The molecule has 0 aromatic heterocycles. The Morgan fingerprint density at radius 1 is 1.19 bits per heavy atom. The van der Waals surface area contributed by atoms with Crippen molar-refractivity contribution < 1.29 is 28.6 Å². The molecular weight excluding hydrogens is 385 g/mol. The van der Waals surface area contributed by atoms with Crippen LogP contribution in [0.4, 0.5) is 0 Å². The molecule has 0 spiro atoms. The molecule has 0 heterocycles. The molecular formula is C17H21Cl2NO6. The van der Waals surface area contributed by atoms with Crippen LogP contribution in [0.1, 0.15) is 20.3 Å². The molecule has 1 rings (SSSR count). The molecule has 1 aromatic carbocycles. The number of methoxy groups -OCH3 is 1. The van der Waals surface area contributed by atoms with Gasteiger partial charge in [-0.25, -0.2) is 9.59 Å². The second kappa shape index (κ2) is 10.9. The number of carbonyl (C=O) groups is 3. The number of esters is 2. The highest BCUT2D eigenvalue weighted by molar-refractivity contribution is 6.35. The van der Waals surface area contributed by atoms with E-state index in [0.717, 1.165) is 0 Å². The summed E-state index contributed by atoms with van der Waals surface area (Å²) in [6.07, 6.45) is 0.662. The number of carbonyl (C=O) groups excluding carboxylic acids is 3. The second-order valence-corrected chi connectivity index (χ2v) is 6.32. The SMILES string of the molecule is CC[C@@H](C)[C@@H](NC(=O)COC(=O)COc1ccc(Cl)cc1Cl)C(=O)OC. The Morgan fingerprint density at radius 3 is 2.46 bits per heavy atom. The molecule has 0 aliphatic carbocycles. The number of halogens is 2. The van der Waals surface area contributed by atoms with Gasteiger partial charge in [0.2, 0.25) is 0 Å². The van der Waals surface area contributed by atoms with Crippen molar-refractivity contribution in [2.24, 2.45) is 5.92 Å². The minimum Gasteiger partial charge on any atom is -0.480 e. The first-order valence-corrected chi connectivity index (χ1v) is 8.64. The highest BCUT2D eigenvalue weighted by Crippen LogP contribution is 2.27. The van der Waals surface area contributed by atoms with Gasteiger partial charge in [0.25, 0.3) is 5.91 Å². The third-order valence-corrected chi connectivity index (χ3v) is 4.12. The molecule has 2 atom stereocenters. The summed E-state index contributed by atoms with van der Waals surface area (Å²) in [4.78, 5) is 35.3. The van der Waals surface area contributed by atoms with Crippen molar-refractivity contribution in [1.82, 2.24) is 5.32 Å². The molecule has 7 nitrogen and oxygen atoms in total. The van der Waals surface area contributed by atoms with Crippen LogP contribution in [0.2, 0.25) is 10.0 Å². The van der Waals surface area contributed by atoms with Crippen molar-refractivity contribution in [3.63, 3.8) is 0 Å². The van der Waals surface area contributed by atoms with Gasteiger partial charge in [-0.3, -0.25) is 4.79 Å². The van der Waals surface area contributed by atoms with Crippen molar-refractivity contribution in [2.45, 2.75) is 26.3 Å². The third kappa shape index (κ3) is 7.09. The molecule has 0 aliphatic heterocycles. The highest BCUT2D eigenvalue weighted by atomic mass is 35.5. The number of ether oxygens (including phenoxy) is 3. The van der Waals surface area contributed by atoms with Gasteiger partial charge in [-0.05, 0) is 24.1 Å². The molecule has 0 saturated carbocycles. The van der Waals surface area contributed by atoms with Crippen molar-refractivity contribution in [1.29, 1.82) is 0 Å². The van der Waals surface area contributed by atoms with Crippen LogP contribution in [0.5, 0.6) is 5.75 Å². The summed E-state index contributed by atoms with van der Waals surface area (Å²) < 4.78 is 14.7. The maximum atomic E-state index is 11.9. The third-order valence-electron chi connectivity index (χ3n) is 3.59. The van der Waals surface area contributed by atoms with Gasteiger partial charge in [0.15, 0.2) is 13.2 Å². The number of nitrogens with one attached hydrogen (secondary N) is 1. The summed E-state index contributed by atoms with van der Waals surface area (Å²) in [7, 11) is 1.24. The number of amides is 1. The lowest BCUT2D eigenvalue weighted by Crippen LogP contribution is -2.47. The summed E-state index contributed by atoms with van der Waals surface area (Å²) in [6.45, 7) is 2.71. The normalized spacial score (nSPS) is 12.7. The zero-order valence-electron chi connectivity index (χ0n) is 14.7. The van der Waals surface area contributed by atoms with Crippen molar-refractivity contribution in [3.8, 4) is 5.75 Å². The van der Waals surface area contributed by atoms with Crippen LogP contribution in [-0.2, 0) is 23.9 Å². The Balaban J connectivity index is 2.45. The van der Waals surface area contributed by atoms with E-state index in [9.17, 15) is 14.4 Å². The van der Waals surface area contributed by atoms with E-state index >= 15 is 0 Å². The minimum atomic E-state index is -0.805. The van der Waals surface area contributed by atoms with Crippen LogP contribution >= 0.6 is 23.2 Å². The molecule has 0 fully saturated rings. The largest absolute Gasteiger partial charge is 0.480 e. The Bertz CT molecular complexity index is 652. The number of rotatable bonds is 9. The first-order valence-electron chi connectivity index (χ1n) is 7.89. The van der Waals surface area contributed by atoms with Crippen LogP contribution in [0.15, 0.2) is 18.2 Å². The van der Waals surface area contributed by atoms with Gasteiger partial charge in [-0.2, -0.15) is 0 Å². The van der Waals surface area contributed by atoms with Gasteiger partial charge < -0.3 is 19.5 Å². The predicted octanol–water partition coefficient (Wildman–Crippen LogP) is 2.62. The van der Waals surface area contributed by atoms with E-state index in [2.05, 4.69) is 10.1 Å². The van der Waals surface area contributed by atoms with Crippen LogP contribution in [-0.4, -0.2) is 44.2 Å². The molecule has 0 bridgehead atoms. The fourth-order valence-corrected chi connectivity index (χ4v) is 2.39. The van der Waals surface area contributed by atoms with Crippen LogP contribution in [0.25, 0.3) is 0 Å². The molecule has 1 N–H and O–H groups in total. The van der Waals surface area contributed by atoms with Crippen LogP contribution in [0.3, 0.4) is 0 Å². The van der Waals surface area contributed by atoms with E-state index in [4.69, 9.17) is 32.7 Å². The van der Waals surface area contributed by atoms with E-state index < -0.39 is 37.1 Å². The zero-order valence-corrected chi connectivity index (χ0v) is 16.2. The lowest BCUT2D eigenvalue weighted by atomic mass is 9.99. The molecule has 144 valence electrons. The van der Waals surface area contributed by atoms with Crippen LogP contribution in [0, 0.1) is 5.92 Å². The number of hydrogen-bond acceptors (Lipinski definition) is 6. The van der Waals surface area contributed by atoms with Crippen molar-refractivity contribution in [2.75, 3.05) is 20.3 Å². The van der Waals surface area contributed by atoms with E-state index in [1.54, 1.807) is 13.0 Å². The topological polar surface area (TPSA) is 90.9 Å². The second-order valence-electron chi connectivity index (χ2n) is 5.48. The summed E-state index contributed by atoms with van der Waals surface area (Å²) in [5, 5.41) is 3.18. The maximum Gasteiger partial charge on any atom is 0.344 e. The number of benzene rings is 1. The van der Waals surface area contributed by atoms with Crippen molar-refractivity contribution in [3.05, 3.63) is 28.2 Å². The molecule has 0 saturated heterocycles. The Hall–Kier alpha value is -1.99. The van der Waals surface area contributed by atoms with Gasteiger partial charge in [0.05, 0.1) is 12.1 Å². The molecule has 26 heavy (non-hydrogen) atoms. The first-order chi connectivity index (χ1) is 12.3. The average molecular weight is 406 g/mol. The molecule has 0 radical (unpaired) electrons. The first kappa shape index (κ1) is 22.1. The van der Waals surface area contributed by atoms with Crippen LogP contribution < -0.4 is 10.1 Å². The maximum absolute atomic E-state index is 11.9. The zero-order chi connectivity index (χ0) is 19.7. The van der Waals surface area contributed by atoms with E-state index in [1.807, 2.05) is 6.92 Å². The standard InChI is InChI=1S/C17H21Cl2NO6/c1-4-10(2)16(17(23)24-3)20-14(21)8-26-15(22)9-25-13-6-5-11(18)7-12(13)19/h5-7,10,16H,4,8-9H2,1-3H3,(H,20,21)/t10-,16-/m1/s1. The monoisotopic (exact) mass is 405 g/mol. The Labute approximate surface area is 161 Å². The van der Waals surface area contributed by atoms with Crippen molar-refractivity contribution >= 4 is 41.0 Å². The summed E-state index contributed by atoms with van der Waals surface area (Å²) in [5.74, 6) is -1.79. The summed E-state index contributed by atoms with van der Waals surface area (Å²) in [5.41, 5.74) is 0. The quantitative estimate of drug-likeness (QED) is 0.634. The predicted molar refractivity (Wildman–Crippen MR) is 96.3 cm³/mol. The molecule has 1 aromatic rings.